The topological polar surface area (TPSA) is 49.4 Å². The third-order valence-corrected chi connectivity index (χ3v) is 6.87. The smallest absolute Gasteiger partial charge is 0.243 e. The van der Waals surface area contributed by atoms with Gasteiger partial charge in [-0.25, -0.2) is 0 Å². The molecule has 3 aromatic rings. The van der Waals surface area contributed by atoms with Gasteiger partial charge in [0.05, 0.1) is 16.5 Å². The van der Waals surface area contributed by atoms with E-state index in [1.165, 1.54) is 0 Å². The summed E-state index contributed by atoms with van der Waals surface area (Å²) in [5.74, 6) is -0.363. The number of benzene rings is 3. The van der Waals surface area contributed by atoms with Crippen LogP contribution in [0.25, 0.3) is 0 Å². The molecule has 0 bridgehead atoms. The van der Waals surface area contributed by atoms with E-state index in [0.29, 0.717) is 21.5 Å². The minimum absolute atomic E-state index is 0.0108. The molecule has 3 aromatic carbocycles. The van der Waals surface area contributed by atoms with Crippen LogP contribution in [-0.2, 0) is 29.0 Å². The summed E-state index contributed by atoms with van der Waals surface area (Å²) < 4.78 is 0. The van der Waals surface area contributed by atoms with E-state index < -0.39 is 6.04 Å². The lowest BCUT2D eigenvalue weighted by Gasteiger charge is -2.32. The molecular formula is C28H29Cl3N2O2. The van der Waals surface area contributed by atoms with Gasteiger partial charge in [-0.3, -0.25) is 9.59 Å². The summed E-state index contributed by atoms with van der Waals surface area (Å²) in [7, 11) is 0. The highest BCUT2D eigenvalue weighted by atomic mass is 35.5. The molecular weight excluding hydrogens is 503 g/mol. The molecule has 0 saturated heterocycles. The Bertz CT molecular complexity index is 1140. The maximum Gasteiger partial charge on any atom is 0.243 e. The number of hydrogen-bond acceptors (Lipinski definition) is 2. The zero-order valence-corrected chi connectivity index (χ0v) is 22.1. The van der Waals surface area contributed by atoms with Gasteiger partial charge < -0.3 is 10.2 Å². The van der Waals surface area contributed by atoms with E-state index in [9.17, 15) is 9.59 Å². The lowest BCUT2D eigenvalue weighted by atomic mass is 10.0. The summed E-state index contributed by atoms with van der Waals surface area (Å²) in [5, 5.41) is 4.49. The SMILES string of the molecule is CCC(C)NC(=O)C(Cc1ccccc1)N(Cc1ccc(Cl)cc1)C(=O)Cc1ccc(Cl)c(Cl)c1. The summed E-state index contributed by atoms with van der Waals surface area (Å²) in [5.41, 5.74) is 2.58. The van der Waals surface area contributed by atoms with Gasteiger partial charge in [0.25, 0.3) is 0 Å². The van der Waals surface area contributed by atoms with E-state index in [4.69, 9.17) is 34.8 Å². The lowest BCUT2D eigenvalue weighted by molar-refractivity contribution is -0.141. The molecule has 2 atom stereocenters. The molecule has 3 rings (SSSR count). The molecule has 2 amide bonds. The summed E-state index contributed by atoms with van der Waals surface area (Å²) in [4.78, 5) is 28.9. The quantitative estimate of drug-likeness (QED) is 0.315. The van der Waals surface area contributed by atoms with Crippen molar-refractivity contribution in [3.8, 4) is 0 Å². The Labute approximate surface area is 222 Å². The van der Waals surface area contributed by atoms with Crippen molar-refractivity contribution in [2.75, 3.05) is 0 Å². The van der Waals surface area contributed by atoms with Crippen LogP contribution in [0.15, 0.2) is 72.8 Å². The van der Waals surface area contributed by atoms with E-state index in [1.807, 2.05) is 56.3 Å². The first-order valence-corrected chi connectivity index (χ1v) is 12.7. The van der Waals surface area contributed by atoms with E-state index in [1.54, 1.807) is 35.2 Å². The van der Waals surface area contributed by atoms with Crippen LogP contribution in [0.2, 0.25) is 15.1 Å². The van der Waals surface area contributed by atoms with Gasteiger partial charge >= 0.3 is 0 Å². The van der Waals surface area contributed by atoms with Gasteiger partial charge in [-0.05, 0) is 54.3 Å². The molecule has 0 fully saturated rings. The molecule has 2 unspecified atom stereocenters. The fourth-order valence-corrected chi connectivity index (χ4v) is 4.15. The van der Waals surface area contributed by atoms with Gasteiger partial charge in [0.1, 0.15) is 6.04 Å². The van der Waals surface area contributed by atoms with Crippen LogP contribution in [0.5, 0.6) is 0 Å². The Morgan fingerprint density at radius 3 is 2.14 bits per heavy atom. The Morgan fingerprint density at radius 2 is 1.51 bits per heavy atom. The Morgan fingerprint density at radius 1 is 0.857 bits per heavy atom. The third-order valence-electron chi connectivity index (χ3n) is 5.88. The average Bonchev–Trinajstić information content (AvgIpc) is 2.85. The number of carbonyl (C=O) groups excluding carboxylic acids is 2. The standard InChI is InChI=1S/C28H29Cl3N2O2/c1-3-19(2)32-28(35)26(16-20-7-5-4-6-8-20)33(18-21-9-12-23(29)13-10-21)27(34)17-22-11-14-24(30)25(31)15-22/h4-15,19,26H,3,16-18H2,1-2H3,(H,32,35). The van der Waals surface area contributed by atoms with Gasteiger partial charge in [-0.1, -0.05) is 90.3 Å². The average molecular weight is 532 g/mol. The number of nitrogens with zero attached hydrogens (tertiary/aromatic N) is 1. The van der Waals surface area contributed by atoms with Crippen molar-refractivity contribution >= 4 is 46.6 Å². The molecule has 0 spiro atoms. The molecule has 0 aliphatic rings. The van der Waals surface area contributed by atoms with Gasteiger partial charge in [0.2, 0.25) is 11.8 Å². The number of amides is 2. The zero-order chi connectivity index (χ0) is 25.4. The van der Waals surface area contributed by atoms with E-state index >= 15 is 0 Å². The van der Waals surface area contributed by atoms with Crippen molar-refractivity contribution in [1.82, 2.24) is 10.2 Å². The first kappa shape index (κ1) is 27.1. The summed E-state index contributed by atoms with van der Waals surface area (Å²) in [6, 6.07) is 21.5. The van der Waals surface area contributed by atoms with Crippen LogP contribution in [-0.4, -0.2) is 28.8 Å². The van der Waals surface area contributed by atoms with Crippen LogP contribution >= 0.6 is 34.8 Å². The van der Waals surface area contributed by atoms with E-state index in [2.05, 4.69) is 5.32 Å². The Balaban J connectivity index is 1.97. The number of nitrogens with one attached hydrogen (secondary N) is 1. The van der Waals surface area contributed by atoms with Crippen molar-refractivity contribution in [3.05, 3.63) is 105 Å². The van der Waals surface area contributed by atoms with Crippen LogP contribution in [0, 0.1) is 0 Å². The minimum atomic E-state index is -0.697. The summed E-state index contributed by atoms with van der Waals surface area (Å²) in [6.07, 6.45) is 1.27. The fourth-order valence-electron chi connectivity index (χ4n) is 3.71. The molecule has 0 aliphatic heterocycles. The molecule has 7 heteroatoms. The molecule has 0 aliphatic carbocycles. The van der Waals surface area contributed by atoms with Crippen LogP contribution in [0.4, 0.5) is 0 Å². The maximum absolute atomic E-state index is 13.7. The van der Waals surface area contributed by atoms with Crippen LogP contribution < -0.4 is 5.32 Å². The van der Waals surface area contributed by atoms with Crippen molar-refractivity contribution in [1.29, 1.82) is 0 Å². The number of halogens is 3. The third kappa shape index (κ3) is 7.99. The zero-order valence-electron chi connectivity index (χ0n) is 19.8. The highest BCUT2D eigenvalue weighted by molar-refractivity contribution is 6.42. The van der Waals surface area contributed by atoms with Crippen molar-refractivity contribution in [2.24, 2.45) is 0 Å². The van der Waals surface area contributed by atoms with Crippen molar-refractivity contribution < 1.29 is 9.59 Å². The highest BCUT2D eigenvalue weighted by Gasteiger charge is 2.31. The molecule has 0 saturated carbocycles. The van der Waals surface area contributed by atoms with Crippen molar-refractivity contribution in [3.63, 3.8) is 0 Å². The van der Waals surface area contributed by atoms with Crippen LogP contribution in [0.1, 0.15) is 37.0 Å². The van der Waals surface area contributed by atoms with Gasteiger partial charge in [0.15, 0.2) is 0 Å². The Kier molecular flexibility index (Phi) is 10.0. The van der Waals surface area contributed by atoms with Crippen molar-refractivity contribution in [2.45, 2.75) is 51.7 Å². The number of rotatable bonds is 10. The van der Waals surface area contributed by atoms with Gasteiger partial charge in [-0.2, -0.15) is 0 Å². The normalized spacial score (nSPS) is 12.6. The first-order valence-electron chi connectivity index (χ1n) is 11.6. The maximum atomic E-state index is 13.7. The first-order chi connectivity index (χ1) is 16.8. The molecule has 0 aromatic heterocycles. The summed E-state index contributed by atoms with van der Waals surface area (Å²) in [6.45, 7) is 4.24. The Hall–Kier alpha value is -2.53. The van der Waals surface area contributed by atoms with E-state index in [-0.39, 0.29) is 30.8 Å². The number of carbonyl (C=O) groups is 2. The number of hydrogen-bond donors (Lipinski definition) is 1. The molecule has 0 radical (unpaired) electrons. The lowest BCUT2D eigenvalue weighted by Crippen LogP contribution is -2.52. The monoisotopic (exact) mass is 530 g/mol. The molecule has 1 N–H and O–H groups in total. The van der Waals surface area contributed by atoms with Gasteiger partial charge in [-0.15, -0.1) is 0 Å². The second-order valence-corrected chi connectivity index (χ2v) is 9.85. The predicted molar refractivity (Wildman–Crippen MR) is 144 cm³/mol. The predicted octanol–water partition coefficient (Wildman–Crippen LogP) is 6.74. The van der Waals surface area contributed by atoms with E-state index in [0.717, 1.165) is 23.1 Å². The minimum Gasteiger partial charge on any atom is -0.352 e. The van der Waals surface area contributed by atoms with Gasteiger partial charge in [0, 0.05) is 24.0 Å². The molecule has 0 heterocycles. The molecule has 35 heavy (non-hydrogen) atoms. The summed E-state index contributed by atoms with van der Waals surface area (Å²) >= 11 is 18.3. The second kappa shape index (κ2) is 13.0. The second-order valence-electron chi connectivity index (χ2n) is 8.60. The highest BCUT2D eigenvalue weighted by Crippen LogP contribution is 2.24. The fraction of sp³-hybridized carbons (Fsp3) is 0.286. The largest absolute Gasteiger partial charge is 0.352 e. The van der Waals surface area contributed by atoms with Crippen LogP contribution in [0.3, 0.4) is 0 Å². The molecule has 4 nitrogen and oxygen atoms in total. The molecule has 184 valence electrons.